The van der Waals surface area contributed by atoms with Gasteiger partial charge >= 0.3 is 0 Å². The second-order valence-corrected chi connectivity index (χ2v) is 7.93. The maximum Gasteiger partial charge on any atom is 0.191 e. The van der Waals surface area contributed by atoms with Crippen molar-refractivity contribution in [2.24, 2.45) is 10.9 Å². The van der Waals surface area contributed by atoms with Crippen LogP contribution in [0.5, 0.6) is 0 Å². The molecule has 1 aliphatic heterocycles. The Kier molecular flexibility index (Phi) is 8.35. The molecule has 2 aromatic rings. The number of hydrogen-bond donors (Lipinski definition) is 2. The molecule has 158 valence electrons. The highest BCUT2D eigenvalue weighted by Gasteiger charge is 2.34. The number of likely N-dealkylation sites (tertiary alicyclic amines) is 1. The standard InChI is InChI=1S/C22H32N6.HI/c1-2-23-22(24-14-18-10-13-27(16-18)21-8-9-21)25-15-19-6-3-4-7-20(19)17-28-12-5-11-26-28;/h3-7,11-12,18,21H,2,8-10,13-17H2,1H3,(H2,23,24,25);1H. The summed E-state index contributed by atoms with van der Waals surface area (Å²) in [6.45, 7) is 7.96. The Morgan fingerprint density at radius 3 is 2.69 bits per heavy atom. The van der Waals surface area contributed by atoms with Crippen LogP contribution in [0, 0.1) is 5.92 Å². The number of hydrogen-bond acceptors (Lipinski definition) is 3. The van der Waals surface area contributed by atoms with Gasteiger partial charge in [-0.3, -0.25) is 4.68 Å². The van der Waals surface area contributed by atoms with Crippen molar-refractivity contribution in [3.63, 3.8) is 0 Å². The average Bonchev–Trinajstić information content (AvgIpc) is 3.23. The summed E-state index contributed by atoms with van der Waals surface area (Å²) in [5.41, 5.74) is 2.51. The van der Waals surface area contributed by atoms with Gasteiger partial charge in [0.2, 0.25) is 0 Å². The summed E-state index contributed by atoms with van der Waals surface area (Å²) in [5, 5.41) is 11.3. The molecule has 0 spiro atoms. The first kappa shape index (κ1) is 22.1. The predicted molar refractivity (Wildman–Crippen MR) is 129 cm³/mol. The molecule has 7 heteroatoms. The molecule has 2 aliphatic rings. The SMILES string of the molecule is CCNC(=NCc1ccccc1Cn1cccn1)NCC1CCN(C2CC2)C1.I. The van der Waals surface area contributed by atoms with Gasteiger partial charge in [-0.05, 0) is 55.8 Å². The van der Waals surface area contributed by atoms with Crippen LogP contribution in [0.2, 0.25) is 0 Å². The molecule has 2 fully saturated rings. The number of rotatable bonds is 8. The van der Waals surface area contributed by atoms with Gasteiger partial charge in [-0.25, -0.2) is 4.99 Å². The summed E-state index contributed by atoms with van der Waals surface area (Å²) < 4.78 is 1.96. The first-order valence-corrected chi connectivity index (χ1v) is 10.6. The summed E-state index contributed by atoms with van der Waals surface area (Å²) in [5.74, 6) is 1.65. The van der Waals surface area contributed by atoms with Crippen molar-refractivity contribution in [1.82, 2.24) is 25.3 Å². The van der Waals surface area contributed by atoms with E-state index in [1.54, 1.807) is 0 Å². The van der Waals surface area contributed by atoms with Crippen LogP contribution < -0.4 is 10.6 Å². The zero-order chi connectivity index (χ0) is 19.2. The number of aromatic nitrogens is 2. The van der Waals surface area contributed by atoms with E-state index in [4.69, 9.17) is 4.99 Å². The highest BCUT2D eigenvalue weighted by molar-refractivity contribution is 14.0. The Balaban J connectivity index is 0.00000240. The third-order valence-electron chi connectivity index (χ3n) is 5.70. The zero-order valence-electron chi connectivity index (χ0n) is 17.3. The van der Waals surface area contributed by atoms with E-state index in [9.17, 15) is 0 Å². The van der Waals surface area contributed by atoms with Crippen molar-refractivity contribution in [3.05, 3.63) is 53.9 Å². The van der Waals surface area contributed by atoms with Crippen LogP contribution in [0.4, 0.5) is 0 Å². The molecule has 4 rings (SSSR count). The van der Waals surface area contributed by atoms with Crippen LogP contribution in [-0.2, 0) is 13.1 Å². The van der Waals surface area contributed by atoms with E-state index in [2.05, 4.69) is 51.8 Å². The molecule has 1 saturated heterocycles. The molecule has 1 atom stereocenters. The summed E-state index contributed by atoms with van der Waals surface area (Å²) >= 11 is 0. The van der Waals surface area contributed by atoms with Crippen molar-refractivity contribution < 1.29 is 0 Å². The fourth-order valence-corrected chi connectivity index (χ4v) is 3.98. The lowest BCUT2D eigenvalue weighted by atomic mass is 10.1. The third kappa shape index (κ3) is 6.44. The molecule has 0 bridgehead atoms. The fraction of sp³-hybridized carbons (Fsp3) is 0.545. The van der Waals surface area contributed by atoms with Crippen LogP contribution in [-0.4, -0.2) is 52.9 Å². The lowest BCUT2D eigenvalue weighted by molar-refractivity contribution is 0.314. The fourth-order valence-electron chi connectivity index (χ4n) is 3.98. The predicted octanol–water partition coefficient (Wildman–Crippen LogP) is 3.09. The van der Waals surface area contributed by atoms with E-state index < -0.39 is 0 Å². The normalized spacial score (nSPS) is 19.8. The van der Waals surface area contributed by atoms with Crippen LogP contribution in [0.3, 0.4) is 0 Å². The van der Waals surface area contributed by atoms with E-state index in [-0.39, 0.29) is 24.0 Å². The first-order valence-electron chi connectivity index (χ1n) is 10.6. The number of halogens is 1. The lowest BCUT2D eigenvalue weighted by Crippen LogP contribution is -2.40. The Morgan fingerprint density at radius 1 is 1.14 bits per heavy atom. The zero-order valence-corrected chi connectivity index (χ0v) is 19.6. The van der Waals surface area contributed by atoms with Gasteiger partial charge in [0.1, 0.15) is 0 Å². The topological polar surface area (TPSA) is 57.5 Å². The molecule has 6 nitrogen and oxygen atoms in total. The first-order chi connectivity index (χ1) is 13.8. The van der Waals surface area contributed by atoms with Crippen molar-refractivity contribution in [3.8, 4) is 0 Å². The summed E-state index contributed by atoms with van der Waals surface area (Å²) in [4.78, 5) is 7.52. The molecule has 0 radical (unpaired) electrons. The maximum absolute atomic E-state index is 4.85. The minimum Gasteiger partial charge on any atom is -0.357 e. The van der Waals surface area contributed by atoms with Crippen molar-refractivity contribution >= 4 is 29.9 Å². The number of benzene rings is 1. The molecule has 1 aromatic heterocycles. The largest absolute Gasteiger partial charge is 0.357 e. The van der Waals surface area contributed by atoms with Crippen LogP contribution in [0.15, 0.2) is 47.7 Å². The van der Waals surface area contributed by atoms with Gasteiger partial charge in [-0.1, -0.05) is 24.3 Å². The Morgan fingerprint density at radius 2 is 1.97 bits per heavy atom. The molecular weight excluding hydrogens is 475 g/mol. The minimum absolute atomic E-state index is 0. The van der Waals surface area contributed by atoms with Crippen LogP contribution >= 0.6 is 24.0 Å². The van der Waals surface area contributed by atoms with Crippen molar-refractivity contribution in [2.45, 2.75) is 45.3 Å². The van der Waals surface area contributed by atoms with Gasteiger partial charge in [-0.2, -0.15) is 5.10 Å². The Bertz CT molecular complexity index is 771. The number of aliphatic imine (C=N–C) groups is 1. The summed E-state index contributed by atoms with van der Waals surface area (Å²) in [7, 11) is 0. The summed E-state index contributed by atoms with van der Waals surface area (Å²) in [6.07, 6.45) is 7.93. The monoisotopic (exact) mass is 508 g/mol. The van der Waals surface area contributed by atoms with Gasteiger partial charge in [0.05, 0.1) is 13.1 Å². The number of nitrogens with one attached hydrogen (secondary N) is 2. The Hall–Kier alpha value is -1.61. The lowest BCUT2D eigenvalue weighted by Gasteiger charge is -2.17. The van der Waals surface area contributed by atoms with E-state index in [1.165, 1.54) is 43.5 Å². The van der Waals surface area contributed by atoms with Crippen molar-refractivity contribution in [2.75, 3.05) is 26.2 Å². The van der Waals surface area contributed by atoms with Gasteiger partial charge in [0.15, 0.2) is 5.96 Å². The number of nitrogens with zero attached hydrogens (tertiary/aromatic N) is 4. The van der Waals surface area contributed by atoms with Gasteiger partial charge in [0, 0.05) is 38.1 Å². The van der Waals surface area contributed by atoms with Crippen LogP contribution in [0.1, 0.15) is 37.3 Å². The molecule has 1 aromatic carbocycles. The number of guanidine groups is 1. The highest BCUT2D eigenvalue weighted by Crippen LogP contribution is 2.31. The van der Waals surface area contributed by atoms with E-state index in [1.807, 2.05) is 23.1 Å². The van der Waals surface area contributed by atoms with E-state index in [0.29, 0.717) is 6.54 Å². The van der Waals surface area contributed by atoms with Gasteiger partial charge in [0.25, 0.3) is 0 Å². The molecule has 1 unspecified atom stereocenters. The second-order valence-electron chi connectivity index (χ2n) is 7.93. The van der Waals surface area contributed by atoms with Gasteiger partial charge in [-0.15, -0.1) is 24.0 Å². The van der Waals surface area contributed by atoms with Gasteiger partial charge < -0.3 is 15.5 Å². The highest BCUT2D eigenvalue weighted by atomic mass is 127. The molecule has 2 heterocycles. The van der Waals surface area contributed by atoms with Crippen LogP contribution in [0.25, 0.3) is 0 Å². The van der Waals surface area contributed by atoms with Crippen molar-refractivity contribution in [1.29, 1.82) is 0 Å². The maximum atomic E-state index is 4.85. The average molecular weight is 508 g/mol. The minimum atomic E-state index is 0. The quantitative estimate of drug-likeness (QED) is 0.327. The van der Waals surface area contributed by atoms with E-state index in [0.717, 1.165) is 37.6 Å². The smallest absolute Gasteiger partial charge is 0.191 e. The second kappa shape index (κ2) is 11.0. The molecule has 1 aliphatic carbocycles. The van der Waals surface area contributed by atoms with E-state index >= 15 is 0 Å². The molecule has 1 saturated carbocycles. The molecule has 0 amide bonds. The molecule has 2 N–H and O–H groups in total. The molecule has 29 heavy (non-hydrogen) atoms. The Labute approximate surface area is 191 Å². The summed E-state index contributed by atoms with van der Waals surface area (Å²) in [6, 6.07) is 11.3. The molecular formula is C22H33IN6. The third-order valence-corrected chi connectivity index (χ3v) is 5.70.